The Morgan fingerprint density at radius 3 is 2.30 bits per heavy atom. The van der Waals surface area contributed by atoms with E-state index in [1.54, 1.807) is 24.5 Å². The van der Waals surface area contributed by atoms with Crippen molar-refractivity contribution in [3.63, 3.8) is 0 Å². The fourth-order valence-electron chi connectivity index (χ4n) is 6.03. The van der Waals surface area contributed by atoms with Crippen LogP contribution in [0.5, 0.6) is 0 Å². The van der Waals surface area contributed by atoms with Crippen molar-refractivity contribution in [1.29, 1.82) is 0 Å². The van der Waals surface area contributed by atoms with E-state index < -0.39 is 41.7 Å². The Bertz CT molecular complexity index is 1440. The summed E-state index contributed by atoms with van der Waals surface area (Å²) in [5.74, 6) is 1.07. The zero-order chi connectivity index (χ0) is 31.1. The summed E-state index contributed by atoms with van der Waals surface area (Å²) in [6, 6.07) is 4.62. The molecule has 43 heavy (non-hydrogen) atoms. The van der Waals surface area contributed by atoms with E-state index in [2.05, 4.69) is 12.2 Å². The highest BCUT2D eigenvalue weighted by Gasteiger charge is 2.43. The van der Waals surface area contributed by atoms with Crippen LogP contribution in [0.2, 0.25) is 0 Å². The van der Waals surface area contributed by atoms with E-state index in [-0.39, 0.29) is 24.2 Å². The third-order valence-corrected chi connectivity index (χ3v) is 9.51. The van der Waals surface area contributed by atoms with E-state index in [1.807, 2.05) is 24.4 Å². The van der Waals surface area contributed by atoms with Gasteiger partial charge in [0, 0.05) is 28.2 Å². The Kier molecular flexibility index (Phi) is 8.70. The maximum atomic E-state index is 13.5. The second-order valence-electron chi connectivity index (χ2n) is 11.4. The number of carbonyl (C=O) groups excluding carboxylic acids is 1. The van der Waals surface area contributed by atoms with Crippen LogP contribution in [-0.2, 0) is 23.6 Å². The number of pyridine rings is 1. The lowest BCUT2D eigenvalue weighted by Crippen LogP contribution is -2.34. The standard InChI is InChI=1S/C31H33F6N3O2S/c1-4-19-7-5-6-8-25(19)39-28-22(10-21(14-38-28)26-9-17(2)16-43-26)15-40-18(3)27(42-29(40)41)20-11-23(30(32,33)34)13-24(12-20)31(35,36)37/h9-14,16,18-19,25,27H,4-8,15H2,1-3H3,(H,38,39)/t18-,19?,25?,27-/m0/s1. The summed E-state index contributed by atoms with van der Waals surface area (Å²) in [7, 11) is 0. The third kappa shape index (κ3) is 6.78. The first-order valence-electron chi connectivity index (χ1n) is 14.3. The fourth-order valence-corrected chi connectivity index (χ4v) is 6.91. The fraction of sp³-hybridized carbons (Fsp3) is 0.484. The van der Waals surface area contributed by atoms with Crippen LogP contribution in [0.1, 0.15) is 79.9 Å². The summed E-state index contributed by atoms with van der Waals surface area (Å²) < 4.78 is 86.6. The second kappa shape index (κ2) is 12.0. The molecule has 2 fully saturated rings. The number of aryl methyl sites for hydroxylation is 1. The van der Waals surface area contributed by atoms with Crippen LogP contribution in [0, 0.1) is 12.8 Å². The number of alkyl halides is 6. The van der Waals surface area contributed by atoms with Gasteiger partial charge in [0.05, 0.1) is 23.7 Å². The van der Waals surface area contributed by atoms with Gasteiger partial charge in [-0.2, -0.15) is 26.3 Å². The minimum atomic E-state index is -5.01. The van der Waals surface area contributed by atoms with Gasteiger partial charge in [0.15, 0.2) is 0 Å². The number of cyclic esters (lactones) is 1. The highest BCUT2D eigenvalue weighted by Crippen LogP contribution is 2.42. The van der Waals surface area contributed by atoms with Gasteiger partial charge in [-0.1, -0.05) is 26.2 Å². The predicted octanol–water partition coefficient (Wildman–Crippen LogP) is 9.62. The van der Waals surface area contributed by atoms with Crippen molar-refractivity contribution < 1.29 is 35.9 Å². The Hall–Kier alpha value is -3.28. The molecule has 2 unspecified atom stereocenters. The summed E-state index contributed by atoms with van der Waals surface area (Å²) >= 11 is 1.56. The van der Waals surface area contributed by atoms with Crippen LogP contribution in [0.15, 0.2) is 41.9 Å². The molecule has 2 aromatic heterocycles. The van der Waals surface area contributed by atoms with Crippen LogP contribution in [0.4, 0.5) is 37.0 Å². The second-order valence-corrected chi connectivity index (χ2v) is 12.3. The summed E-state index contributed by atoms with van der Waals surface area (Å²) in [5, 5.41) is 5.61. The molecule has 3 aromatic rings. The molecule has 0 bridgehead atoms. The molecule has 2 aliphatic rings. The van der Waals surface area contributed by atoms with Crippen molar-refractivity contribution in [3.05, 3.63) is 69.7 Å². The van der Waals surface area contributed by atoms with E-state index >= 15 is 0 Å². The highest BCUT2D eigenvalue weighted by molar-refractivity contribution is 7.13. The van der Waals surface area contributed by atoms with Gasteiger partial charge in [0.1, 0.15) is 11.9 Å². The molecule has 5 nitrogen and oxygen atoms in total. The van der Waals surface area contributed by atoms with Gasteiger partial charge < -0.3 is 10.1 Å². The molecule has 232 valence electrons. The summed E-state index contributed by atoms with van der Waals surface area (Å²) in [6.07, 6.45) is -5.06. The van der Waals surface area contributed by atoms with Crippen molar-refractivity contribution in [2.45, 2.75) is 90.0 Å². The van der Waals surface area contributed by atoms with Crippen molar-refractivity contribution in [3.8, 4) is 10.4 Å². The molecule has 0 spiro atoms. The van der Waals surface area contributed by atoms with Crippen LogP contribution in [0.3, 0.4) is 0 Å². The predicted molar refractivity (Wildman–Crippen MR) is 153 cm³/mol. The SMILES string of the molecule is CCC1CCCCC1Nc1ncc(-c2cc(C)cs2)cc1CN1C(=O)O[C@H](c2cc(C(F)(F)F)cc(C(F)(F)F)c2)[C@@H]1C. The number of nitrogens with one attached hydrogen (secondary N) is 1. The minimum Gasteiger partial charge on any atom is -0.439 e. The van der Waals surface area contributed by atoms with Crippen molar-refractivity contribution in [2.24, 2.45) is 5.92 Å². The average Bonchev–Trinajstić information content (AvgIpc) is 3.51. The molecule has 4 atom stereocenters. The summed E-state index contributed by atoms with van der Waals surface area (Å²) in [4.78, 5) is 20.2. The molecule has 3 heterocycles. The zero-order valence-electron chi connectivity index (χ0n) is 24.0. The Balaban J connectivity index is 1.48. The Morgan fingerprint density at radius 2 is 1.70 bits per heavy atom. The lowest BCUT2D eigenvalue weighted by molar-refractivity contribution is -0.143. The number of rotatable bonds is 7. The van der Waals surface area contributed by atoms with Crippen molar-refractivity contribution >= 4 is 23.2 Å². The number of halogens is 6. The smallest absolute Gasteiger partial charge is 0.416 e. The first kappa shape index (κ1) is 31.2. The summed E-state index contributed by atoms with van der Waals surface area (Å²) in [6.45, 7) is 5.71. The monoisotopic (exact) mass is 625 g/mol. The molecule has 1 saturated heterocycles. The van der Waals surface area contributed by atoms with E-state index in [9.17, 15) is 31.1 Å². The molecular weight excluding hydrogens is 592 g/mol. The van der Waals surface area contributed by atoms with Crippen LogP contribution < -0.4 is 5.32 Å². The number of aromatic nitrogens is 1. The lowest BCUT2D eigenvalue weighted by Gasteiger charge is -2.33. The summed E-state index contributed by atoms with van der Waals surface area (Å²) in [5.41, 5.74) is -0.640. The first-order valence-corrected chi connectivity index (χ1v) is 15.2. The number of carbonyl (C=O) groups is 1. The maximum Gasteiger partial charge on any atom is 0.416 e. The van der Waals surface area contributed by atoms with Gasteiger partial charge >= 0.3 is 18.4 Å². The molecule has 0 radical (unpaired) electrons. The molecule has 1 aliphatic heterocycles. The average molecular weight is 626 g/mol. The van der Waals surface area contributed by atoms with Gasteiger partial charge in [-0.25, -0.2) is 9.78 Å². The number of ether oxygens (including phenoxy) is 1. The van der Waals surface area contributed by atoms with Crippen LogP contribution in [0.25, 0.3) is 10.4 Å². The Labute approximate surface area is 250 Å². The van der Waals surface area contributed by atoms with Gasteiger partial charge in [-0.15, -0.1) is 11.3 Å². The maximum absolute atomic E-state index is 13.5. The number of thiophene rings is 1. The number of nitrogens with zero attached hydrogens (tertiary/aromatic N) is 2. The molecule has 1 amide bonds. The van der Waals surface area contributed by atoms with Gasteiger partial charge in [-0.3, -0.25) is 4.90 Å². The van der Waals surface area contributed by atoms with Gasteiger partial charge in [-0.05, 0) is 79.4 Å². The molecule has 1 N–H and O–H groups in total. The zero-order valence-corrected chi connectivity index (χ0v) is 24.8. The number of benzene rings is 1. The number of hydrogen-bond donors (Lipinski definition) is 1. The van der Waals surface area contributed by atoms with Crippen molar-refractivity contribution in [2.75, 3.05) is 5.32 Å². The molecule has 1 aliphatic carbocycles. The highest BCUT2D eigenvalue weighted by atomic mass is 32.1. The molecule has 5 rings (SSSR count). The molecule has 1 aromatic carbocycles. The van der Waals surface area contributed by atoms with E-state index in [0.29, 0.717) is 29.4 Å². The van der Waals surface area contributed by atoms with E-state index in [1.165, 1.54) is 4.90 Å². The quantitative estimate of drug-likeness (QED) is 0.266. The third-order valence-electron chi connectivity index (χ3n) is 8.41. The number of amides is 1. The number of hydrogen-bond acceptors (Lipinski definition) is 5. The van der Waals surface area contributed by atoms with Gasteiger partial charge in [0.2, 0.25) is 0 Å². The van der Waals surface area contributed by atoms with E-state index in [4.69, 9.17) is 9.72 Å². The normalized spacial score (nSPS) is 23.0. The number of anilines is 1. The van der Waals surface area contributed by atoms with Crippen LogP contribution in [-0.4, -0.2) is 28.1 Å². The van der Waals surface area contributed by atoms with Crippen LogP contribution >= 0.6 is 11.3 Å². The topological polar surface area (TPSA) is 54.5 Å². The lowest BCUT2D eigenvalue weighted by atomic mass is 9.83. The minimum absolute atomic E-state index is 0.0125. The largest absolute Gasteiger partial charge is 0.439 e. The molecular formula is C31H33F6N3O2S. The first-order chi connectivity index (χ1) is 20.2. The van der Waals surface area contributed by atoms with E-state index in [0.717, 1.165) is 48.1 Å². The van der Waals surface area contributed by atoms with Crippen molar-refractivity contribution in [1.82, 2.24) is 9.88 Å². The van der Waals surface area contributed by atoms with Gasteiger partial charge in [0.25, 0.3) is 0 Å². The molecule has 1 saturated carbocycles. The Morgan fingerprint density at radius 1 is 1.02 bits per heavy atom. The molecule has 12 heteroatoms.